The van der Waals surface area contributed by atoms with E-state index in [4.69, 9.17) is 0 Å². The second-order valence-corrected chi connectivity index (χ2v) is 4.90. The molecule has 1 fully saturated rings. The molecule has 0 aliphatic carbocycles. The van der Waals surface area contributed by atoms with Gasteiger partial charge in [0, 0.05) is 18.8 Å². The Kier molecular flexibility index (Phi) is 1.84. The van der Waals surface area contributed by atoms with Crippen molar-refractivity contribution in [3.05, 3.63) is 35.4 Å². The fourth-order valence-corrected chi connectivity index (χ4v) is 3.68. The highest BCUT2D eigenvalue weighted by Gasteiger charge is 2.30. The van der Waals surface area contributed by atoms with Gasteiger partial charge in [0.15, 0.2) is 0 Å². The number of nitrogens with zero attached hydrogens (tertiary/aromatic N) is 1. The van der Waals surface area contributed by atoms with Gasteiger partial charge in [0.2, 0.25) is 0 Å². The molecule has 1 aromatic rings. The van der Waals surface area contributed by atoms with Crippen molar-refractivity contribution in [2.75, 3.05) is 18.8 Å². The summed E-state index contributed by atoms with van der Waals surface area (Å²) in [5.41, 5.74) is 3.13. The van der Waals surface area contributed by atoms with Crippen molar-refractivity contribution in [2.24, 2.45) is 0 Å². The van der Waals surface area contributed by atoms with E-state index >= 15 is 0 Å². The van der Waals surface area contributed by atoms with Crippen LogP contribution in [0.15, 0.2) is 24.3 Å². The highest BCUT2D eigenvalue weighted by Crippen LogP contribution is 2.41. The zero-order valence-corrected chi connectivity index (χ0v) is 8.39. The van der Waals surface area contributed by atoms with Crippen LogP contribution in [0.2, 0.25) is 0 Å². The third kappa shape index (κ3) is 1.20. The molecule has 2 heteroatoms. The molecule has 0 bridgehead atoms. The minimum absolute atomic E-state index is 0.671. The Morgan fingerprint density at radius 3 is 3.15 bits per heavy atom. The second-order valence-electron chi connectivity index (χ2n) is 3.71. The molecule has 3 rings (SSSR count). The molecule has 0 saturated carbocycles. The van der Waals surface area contributed by atoms with Crippen LogP contribution in [0.5, 0.6) is 0 Å². The van der Waals surface area contributed by atoms with Gasteiger partial charge >= 0.3 is 0 Å². The van der Waals surface area contributed by atoms with Gasteiger partial charge in [-0.2, -0.15) is 0 Å². The molecular weight excluding hydrogens is 178 g/mol. The lowest BCUT2D eigenvalue weighted by molar-refractivity contribution is 0.278. The zero-order chi connectivity index (χ0) is 8.67. The van der Waals surface area contributed by atoms with Gasteiger partial charge in [-0.05, 0) is 17.5 Å². The zero-order valence-electron chi connectivity index (χ0n) is 7.57. The summed E-state index contributed by atoms with van der Waals surface area (Å²) in [6.45, 7) is 2.54. The van der Waals surface area contributed by atoms with E-state index in [1.165, 1.54) is 25.3 Å². The summed E-state index contributed by atoms with van der Waals surface area (Å²) in [5.74, 6) is 1.30. The molecule has 2 heterocycles. The summed E-state index contributed by atoms with van der Waals surface area (Å²) in [7, 11) is 0. The Morgan fingerprint density at radius 1 is 1.23 bits per heavy atom. The molecule has 0 N–H and O–H groups in total. The summed E-state index contributed by atoms with van der Waals surface area (Å²) in [5, 5.41) is 0.671. The predicted octanol–water partition coefficient (Wildman–Crippen LogP) is 2.29. The van der Waals surface area contributed by atoms with Crippen molar-refractivity contribution in [1.82, 2.24) is 4.90 Å². The average Bonchev–Trinajstić information content (AvgIpc) is 2.65. The third-order valence-corrected chi connectivity index (χ3v) is 4.26. The SMILES string of the molecule is c1ccc2c(c1)CCN1CCS[C@H]21. The monoisotopic (exact) mass is 191 g/mol. The van der Waals surface area contributed by atoms with Gasteiger partial charge in [-0.25, -0.2) is 0 Å². The second kappa shape index (κ2) is 3.03. The lowest BCUT2D eigenvalue weighted by Crippen LogP contribution is -2.30. The van der Waals surface area contributed by atoms with E-state index in [0.717, 1.165) is 0 Å². The first-order chi connectivity index (χ1) is 6.45. The Morgan fingerprint density at radius 2 is 2.15 bits per heavy atom. The quantitative estimate of drug-likeness (QED) is 0.619. The summed E-state index contributed by atoms with van der Waals surface area (Å²) < 4.78 is 0. The number of fused-ring (bicyclic) bond motifs is 3. The molecule has 1 nitrogen and oxygen atoms in total. The largest absolute Gasteiger partial charge is 0.287 e. The van der Waals surface area contributed by atoms with Crippen LogP contribution >= 0.6 is 11.8 Å². The molecule has 0 spiro atoms. The predicted molar refractivity (Wildman–Crippen MR) is 56.9 cm³/mol. The first kappa shape index (κ1) is 7.89. The smallest absolute Gasteiger partial charge is 0.0817 e. The fourth-order valence-electron chi connectivity index (χ4n) is 2.29. The molecule has 1 atom stereocenters. The van der Waals surface area contributed by atoms with Crippen molar-refractivity contribution >= 4 is 11.8 Å². The molecule has 0 unspecified atom stereocenters. The van der Waals surface area contributed by atoms with Crippen LogP contribution in [-0.2, 0) is 6.42 Å². The molecule has 68 valence electrons. The van der Waals surface area contributed by atoms with E-state index in [-0.39, 0.29) is 0 Å². The van der Waals surface area contributed by atoms with E-state index in [0.29, 0.717) is 5.37 Å². The maximum atomic E-state index is 2.60. The van der Waals surface area contributed by atoms with Crippen LogP contribution < -0.4 is 0 Å². The topological polar surface area (TPSA) is 3.24 Å². The van der Waals surface area contributed by atoms with Crippen molar-refractivity contribution in [2.45, 2.75) is 11.8 Å². The van der Waals surface area contributed by atoms with E-state index in [1.54, 1.807) is 11.1 Å². The van der Waals surface area contributed by atoms with Gasteiger partial charge in [0.25, 0.3) is 0 Å². The maximum absolute atomic E-state index is 2.60. The average molecular weight is 191 g/mol. The number of hydrogen-bond acceptors (Lipinski definition) is 2. The van der Waals surface area contributed by atoms with Crippen molar-refractivity contribution in [3.8, 4) is 0 Å². The Hall–Kier alpha value is -0.470. The van der Waals surface area contributed by atoms with Gasteiger partial charge in [0.1, 0.15) is 0 Å². The van der Waals surface area contributed by atoms with E-state index in [9.17, 15) is 0 Å². The standard InChI is InChI=1S/C11H13NS/c1-2-4-10-9(3-1)5-6-12-7-8-13-11(10)12/h1-4,11H,5-8H2/t11-/m1/s1. The highest BCUT2D eigenvalue weighted by atomic mass is 32.2. The van der Waals surface area contributed by atoms with Crippen molar-refractivity contribution in [1.29, 1.82) is 0 Å². The van der Waals surface area contributed by atoms with E-state index < -0.39 is 0 Å². The number of thioether (sulfide) groups is 1. The first-order valence-corrected chi connectivity index (χ1v) is 5.93. The number of hydrogen-bond donors (Lipinski definition) is 0. The van der Waals surface area contributed by atoms with Crippen LogP contribution in [0.1, 0.15) is 16.5 Å². The van der Waals surface area contributed by atoms with Gasteiger partial charge in [-0.15, -0.1) is 11.8 Å². The van der Waals surface area contributed by atoms with Crippen molar-refractivity contribution in [3.63, 3.8) is 0 Å². The molecule has 13 heavy (non-hydrogen) atoms. The molecule has 1 saturated heterocycles. The summed E-state index contributed by atoms with van der Waals surface area (Å²) in [6, 6.07) is 8.91. The maximum Gasteiger partial charge on any atom is 0.0817 e. The summed E-state index contributed by atoms with van der Waals surface area (Å²) in [6.07, 6.45) is 1.24. The first-order valence-electron chi connectivity index (χ1n) is 4.88. The van der Waals surface area contributed by atoms with Crippen molar-refractivity contribution < 1.29 is 0 Å². The highest BCUT2D eigenvalue weighted by molar-refractivity contribution is 7.99. The summed E-state index contributed by atoms with van der Waals surface area (Å²) in [4.78, 5) is 2.60. The lowest BCUT2D eigenvalue weighted by Gasteiger charge is -2.30. The Balaban J connectivity index is 2.06. The van der Waals surface area contributed by atoms with Crippen LogP contribution in [-0.4, -0.2) is 23.7 Å². The van der Waals surface area contributed by atoms with Gasteiger partial charge < -0.3 is 0 Å². The van der Waals surface area contributed by atoms with Crippen LogP contribution in [0.4, 0.5) is 0 Å². The molecule has 0 amide bonds. The fraction of sp³-hybridized carbons (Fsp3) is 0.455. The van der Waals surface area contributed by atoms with Gasteiger partial charge in [0.05, 0.1) is 5.37 Å². The Labute approximate surface area is 83.1 Å². The van der Waals surface area contributed by atoms with Gasteiger partial charge in [-0.3, -0.25) is 4.90 Å². The van der Waals surface area contributed by atoms with Crippen LogP contribution in [0, 0.1) is 0 Å². The van der Waals surface area contributed by atoms with Crippen LogP contribution in [0.3, 0.4) is 0 Å². The lowest BCUT2D eigenvalue weighted by atomic mass is 10.00. The normalized spacial score (nSPS) is 26.9. The van der Waals surface area contributed by atoms with Gasteiger partial charge in [-0.1, -0.05) is 24.3 Å². The third-order valence-electron chi connectivity index (χ3n) is 2.98. The van der Waals surface area contributed by atoms with E-state index in [2.05, 4.69) is 40.9 Å². The van der Waals surface area contributed by atoms with E-state index in [1.807, 2.05) is 0 Å². The number of rotatable bonds is 0. The molecule has 2 aliphatic rings. The van der Waals surface area contributed by atoms with Crippen LogP contribution in [0.25, 0.3) is 0 Å². The summed E-state index contributed by atoms with van der Waals surface area (Å²) >= 11 is 2.09. The molecular formula is C11H13NS. The molecule has 1 aromatic carbocycles. The molecule has 0 radical (unpaired) electrons. The Bertz CT molecular complexity index is 324. The minimum Gasteiger partial charge on any atom is -0.287 e. The molecule has 2 aliphatic heterocycles. The number of benzene rings is 1. The molecule has 0 aromatic heterocycles. The minimum atomic E-state index is 0.671.